The molecule has 0 saturated heterocycles. The Bertz CT molecular complexity index is 1280. The Labute approximate surface area is 328 Å². The zero-order valence-electron chi connectivity index (χ0n) is 31.6. The van der Waals surface area contributed by atoms with Crippen LogP contribution in [-0.4, -0.2) is 145 Å². The van der Waals surface area contributed by atoms with Crippen molar-refractivity contribution in [3.8, 4) is 0 Å². The van der Waals surface area contributed by atoms with Crippen LogP contribution in [0.5, 0.6) is 0 Å². The van der Waals surface area contributed by atoms with Crippen molar-refractivity contribution in [3.63, 3.8) is 0 Å². The molecule has 314 valence electrons. The number of amides is 4. The predicted molar refractivity (Wildman–Crippen MR) is 206 cm³/mol. The number of nitrogens with one attached hydrogen (secondary N) is 4. The number of aliphatic hydroxyl groups excluding tert-OH is 1. The molecular formula is C34H60N7O12PS. The van der Waals surface area contributed by atoms with Crippen molar-refractivity contribution in [1.29, 1.82) is 0 Å². The van der Waals surface area contributed by atoms with Crippen molar-refractivity contribution >= 4 is 42.4 Å². The van der Waals surface area contributed by atoms with Gasteiger partial charge in [-0.25, -0.2) is 11.8 Å². The van der Waals surface area contributed by atoms with Gasteiger partial charge in [-0.05, 0) is 43.2 Å². The summed E-state index contributed by atoms with van der Waals surface area (Å²) in [5.74, 6) is 8.47. The van der Waals surface area contributed by atoms with Crippen molar-refractivity contribution in [2.24, 2.45) is 17.7 Å². The van der Waals surface area contributed by atoms with E-state index in [4.69, 9.17) is 35.6 Å². The number of carbonyl (C=O) groups is 4. The minimum absolute atomic E-state index is 0.0627. The molecule has 1 aliphatic rings. The SMILES string of the molecule is CP(=O)(S)O[C@H]1CC[C@H](C(=O)NCc2ccc(C[C@H](C(=O)NCCOCCO)N(CC(=O)NCCOCCON)CC(=O)NCCOCCON)cc2)CC1. The minimum Gasteiger partial charge on any atom is -0.394 e. The summed E-state index contributed by atoms with van der Waals surface area (Å²) in [5, 5.41) is 20.3. The van der Waals surface area contributed by atoms with Gasteiger partial charge in [0.2, 0.25) is 23.6 Å². The van der Waals surface area contributed by atoms with Crippen molar-refractivity contribution in [2.75, 3.05) is 98.9 Å². The lowest BCUT2D eigenvalue weighted by Gasteiger charge is -2.30. The molecule has 1 unspecified atom stereocenters. The van der Waals surface area contributed by atoms with E-state index in [1.807, 2.05) is 24.3 Å². The molecular weight excluding hydrogens is 761 g/mol. The summed E-state index contributed by atoms with van der Waals surface area (Å²) in [7, 11) is 0. The third-order valence-corrected chi connectivity index (χ3v) is 9.33. The first kappa shape index (κ1) is 48.4. The summed E-state index contributed by atoms with van der Waals surface area (Å²) in [5.41, 5.74) is 1.59. The second-order valence-electron chi connectivity index (χ2n) is 12.8. The van der Waals surface area contributed by atoms with Crippen molar-refractivity contribution in [2.45, 2.75) is 50.8 Å². The van der Waals surface area contributed by atoms with Gasteiger partial charge in [-0.1, -0.05) is 36.5 Å². The second kappa shape index (κ2) is 28.6. The Morgan fingerprint density at radius 2 is 1.29 bits per heavy atom. The summed E-state index contributed by atoms with van der Waals surface area (Å²) < 4.78 is 33.4. The first-order chi connectivity index (χ1) is 26.4. The molecule has 1 saturated carbocycles. The highest BCUT2D eigenvalue weighted by molar-refractivity contribution is 8.46. The van der Waals surface area contributed by atoms with E-state index in [2.05, 4.69) is 43.2 Å². The molecule has 2 rings (SSSR count). The molecule has 0 radical (unpaired) electrons. The number of nitrogens with two attached hydrogens (primary N) is 2. The van der Waals surface area contributed by atoms with Crippen LogP contribution in [0.25, 0.3) is 0 Å². The van der Waals surface area contributed by atoms with Crippen molar-refractivity contribution in [1.82, 2.24) is 26.2 Å². The van der Waals surface area contributed by atoms with Gasteiger partial charge < -0.3 is 54.8 Å². The molecule has 1 aromatic rings. The van der Waals surface area contributed by atoms with Crippen LogP contribution in [0.1, 0.15) is 36.8 Å². The maximum absolute atomic E-state index is 13.7. The number of carbonyl (C=O) groups excluding carboxylic acids is 4. The number of rotatable bonds is 30. The molecule has 1 fully saturated rings. The molecule has 1 aliphatic carbocycles. The maximum atomic E-state index is 13.7. The van der Waals surface area contributed by atoms with Gasteiger partial charge in [-0.3, -0.25) is 28.6 Å². The Morgan fingerprint density at radius 3 is 1.80 bits per heavy atom. The van der Waals surface area contributed by atoms with E-state index >= 15 is 0 Å². The normalized spacial score (nSPS) is 17.3. The highest BCUT2D eigenvalue weighted by atomic mass is 32.7. The van der Waals surface area contributed by atoms with Gasteiger partial charge in [0.05, 0.1) is 84.7 Å². The molecule has 9 N–H and O–H groups in total. The summed E-state index contributed by atoms with van der Waals surface area (Å²) in [4.78, 5) is 63.2. The number of thiol groups is 1. The highest BCUT2D eigenvalue weighted by Gasteiger charge is 2.31. The number of hydrogen-bond donors (Lipinski definition) is 8. The quantitative estimate of drug-likeness (QED) is 0.0201. The number of hydrogen-bond acceptors (Lipinski definition) is 15. The number of ether oxygens (including phenoxy) is 3. The van der Waals surface area contributed by atoms with Crippen LogP contribution in [0, 0.1) is 5.92 Å². The fraction of sp³-hybridized carbons (Fsp3) is 0.706. The molecule has 0 bridgehead atoms. The van der Waals surface area contributed by atoms with E-state index in [9.17, 15) is 23.7 Å². The smallest absolute Gasteiger partial charge is 0.252 e. The van der Waals surface area contributed by atoms with Crippen LogP contribution in [0.15, 0.2) is 24.3 Å². The Balaban J connectivity index is 2.12. The summed E-state index contributed by atoms with van der Waals surface area (Å²) in [6, 6.07) is 6.40. The number of nitrogens with zero attached hydrogens (tertiary/aromatic N) is 1. The van der Waals surface area contributed by atoms with Crippen LogP contribution in [-0.2, 0) is 65.1 Å². The Kier molecular flexibility index (Phi) is 25.2. The molecule has 1 aromatic carbocycles. The zero-order chi connectivity index (χ0) is 40.3. The second-order valence-corrected chi connectivity index (χ2v) is 16.8. The third kappa shape index (κ3) is 22.6. The van der Waals surface area contributed by atoms with Crippen LogP contribution >= 0.6 is 18.8 Å². The lowest BCUT2D eigenvalue weighted by atomic mass is 9.87. The van der Waals surface area contributed by atoms with Gasteiger partial charge in [0.15, 0.2) is 0 Å². The van der Waals surface area contributed by atoms with Gasteiger partial charge >= 0.3 is 0 Å². The van der Waals surface area contributed by atoms with Crippen LogP contribution in [0.4, 0.5) is 0 Å². The van der Waals surface area contributed by atoms with Crippen molar-refractivity contribution in [3.05, 3.63) is 35.4 Å². The molecule has 0 aromatic heterocycles. The van der Waals surface area contributed by atoms with Gasteiger partial charge in [-0.15, -0.1) is 0 Å². The molecule has 0 heterocycles. The van der Waals surface area contributed by atoms with Crippen LogP contribution in [0.2, 0.25) is 0 Å². The summed E-state index contributed by atoms with van der Waals surface area (Å²) in [6.45, 7) is 0.167. The maximum Gasteiger partial charge on any atom is 0.252 e. The number of aliphatic hydroxyl groups is 1. The predicted octanol–water partition coefficient (Wildman–Crippen LogP) is -0.985. The van der Waals surface area contributed by atoms with Gasteiger partial charge in [0, 0.05) is 38.8 Å². The Hall–Kier alpha value is -2.72. The third-order valence-electron chi connectivity index (χ3n) is 8.35. The average molecular weight is 822 g/mol. The Morgan fingerprint density at radius 1 is 0.782 bits per heavy atom. The molecule has 0 spiro atoms. The molecule has 55 heavy (non-hydrogen) atoms. The number of benzene rings is 1. The standard InChI is InChI=1S/C34H60N7O12PS/c1-54(47,55)53-29-8-6-28(7-9-29)33(45)40-23-27-4-2-26(3-5-27)22-30(34(46)39-12-16-48-17-13-42)41(24-31(43)37-10-14-49-18-20-51-35)25-32(44)38-11-15-50-19-21-52-36/h2-5,28-30,42H,6-25,35-36H2,1H3,(H,37,43)(H,38,44)(H,39,46)(H,40,45)(H,47,55)/t28-,29-,30-,54?/m1/s1. The van der Waals surface area contributed by atoms with Gasteiger partial charge in [-0.2, -0.15) is 0 Å². The fourth-order valence-electron chi connectivity index (χ4n) is 5.68. The largest absolute Gasteiger partial charge is 0.394 e. The van der Waals surface area contributed by atoms with E-state index in [-0.39, 0.29) is 117 Å². The zero-order valence-corrected chi connectivity index (χ0v) is 33.4. The topological polar surface area (TPSA) is 264 Å². The lowest BCUT2D eigenvalue weighted by Crippen LogP contribution is -2.54. The molecule has 0 aliphatic heterocycles. The average Bonchev–Trinajstić information content (AvgIpc) is 3.15. The van der Waals surface area contributed by atoms with Crippen molar-refractivity contribution < 1.29 is 57.3 Å². The molecule has 4 amide bonds. The van der Waals surface area contributed by atoms with E-state index in [1.165, 1.54) is 11.6 Å². The summed E-state index contributed by atoms with van der Waals surface area (Å²) >= 11 is 4.01. The molecule has 2 atom stereocenters. The van der Waals surface area contributed by atoms with Gasteiger partial charge in [0.1, 0.15) is 0 Å². The lowest BCUT2D eigenvalue weighted by molar-refractivity contribution is -0.132. The first-order valence-corrected chi connectivity index (χ1v) is 21.5. The van der Waals surface area contributed by atoms with E-state index in [0.29, 0.717) is 32.2 Å². The highest BCUT2D eigenvalue weighted by Crippen LogP contribution is 2.50. The van der Waals surface area contributed by atoms with E-state index < -0.39 is 30.3 Å². The van der Waals surface area contributed by atoms with Crippen LogP contribution < -0.4 is 33.1 Å². The van der Waals surface area contributed by atoms with E-state index in [0.717, 1.165) is 11.1 Å². The first-order valence-electron chi connectivity index (χ1n) is 18.3. The van der Waals surface area contributed by atoms with E-state index in [1.54, 1.807) is 0 Å². The molecule has 19 nitrogen and oxygen atoms in total. The van der Waals surface area contributed by atoms with Crippen LogP contribution in [0.3, 0.4) is 0 Å². The minimum atomic E-state index is -2.89. The monoisotopic (exact) mass is 821 g/mol. The van der Waals surface area contributed by atoms with Gasteiger partial charge in [0.25, 0.3) is 6.57 Å². The summed E-state index contributed by atoms with van der Waals surface area (Å²) in [6.07, 6.45) is 2.50. The molecule has 21 heteroatoms. The fourth-order valence-corrected chi connectivity index (χ4v) is 6.84.